The first kappa shape index (κ1) is 19.7. The molecule has 0 fully saturated rings. The SMILES string of the molecule is O=COc1cc(OC=O)nc(NC(=O)NS(=O)(=O)c2ccsc2C(=O)O)n1. The van der Waals surface area contributed by atoms with Crippen molar-refractivity contribution in [1.82, 2.24) is 14.7 Å². The van der Waals surface area contributed by atoms with Crippen LogP contribution in [0.3, 0.4) is 0 Å². The van der Waals surface area contributed by atoms with Crippen LogP contribution in [0.1, 0.15) is 9.67 Å². The third-order valence-electron chi connectivity index (χ3n) is 2.58. The minimum absolute atomic E-state index is 0.00529. The number of carboxylic acids is 1. The molecule has 0 saturated carbocycles. The van der Waals surface area contributed by atoms with E-state index in [0.29, 0.717) is 11.3 Å². The summed E-state index contributed by atoms with van der Waals surface area (Å²) < 4.78 is 34.7. The predicted octanol–water partition coefficient (Wildman–Crippen LogP) is -0.183. The molecule has 0 saturated heterocycles. The number of aromatic carboxylic acids is 1. The van der Waals surface area contributed by atoms with Crippen molar-refractivity contribution < 1.29 is 42.2 Å². The molecule has 2 rings (SSSR count). The fraction of sp³-hybridized carbons (Fsp3) is 0. The fourth-order valence-corrected chi connectivity index (χ4v) is 3.82. The van der Waals surface area contributed by atoms with Crippen molar-refractivity contribution in [3.63, 3.8) is 0 Å². The van der Waals surface area contributed by atoms with Crippen LogP contribution in [0.15, 0.2) is 22.4 Å². The van der Waals surface area contributed by atoms with Gasteiger partial charge in [0.2, 0.25) is 17.7 Å². The van der Waals surface area contributed by atoms with E-state index in [4.69, 9.17) is 5.11 Å². The molecule has 0 spiro atoms. The first-order valence-electron chi connectivity index (χ1n) is 6.51. The Morgan fingerprint density at radius 1 is 1.15 bits per heavy atom. The topological polar surface area (TPSA) is 191 Å². The van der Waals surface area contributed by atoms with E-state index in [-0.39, 0.29) is 12.9 Å². The number of hydrogen-bond acceptors (Lipinski definition) is 11. The molecule has 0 aliphatic rings. The van der Waals surface area contributed by atoms with Gasteiger partial charge in [-0.05, 0) is 11.4 Å². The number of anilines is 1. The summed E-state index contributed by atoms with van der Waals surface area (Å²) in [6, 6.07) is 0.611. The average Bonchev–Trinajstić information content (AvgIpc) is 3.05. The number of sulfonamides is 1. The number of amides is 2. The molecule has 2 heterocycles. The Kier molecular flexibility index (Phi) is 5.99. The molecule has 142 valence electrons. The van der Waals surface area contributed by atoms with Gasteiger partial charge in [-0.3, -0.25) is 14.9 Å². The van der Waals surface area contributed by atoms with Gasteiger partial charge in [0.05, 0.1) is 6.07 Å². The molecule has 0 aliphatic carbocycles. The monoisotopic (exact) mass is 416 g/mol. The molecule has 27 heavy (non-hydrogen) atoms. The van der Waals surface area contributed by atoms with Gasteiger partial charge >= 0.3 is 12.0 Å². The van der Waals surface area contributed by atoms with Crippen LogP contribution in [-0.2, 0) is 19.6 Å². The second-order valence-corrected chi connectivity index (χ2v) is 6.84. The zero-order chi connectivity index (χ0) is 20.0. The lowest BCUT2D eigenvalue weighted by Crippen LogP contribution is -2.35. The van der Waals surface area contributed by atoms with Crippen LogP contribution < -0.4 is 19.5 Å². The molecule has 0 aliphatic heterocycles. The number of nitrogens with zero attached hydrogens (tertiary/aromatic N) is 2. The van der Waals surface area contributed by atoms with E-state index in [2.05, 4.69) is 19.4 Å². The summed E-state index contributed by atoms with van der Waals surface area (Å²) in [5.41, 5.74) is 0. The van der Waals surface area contributed by atoms with Crippen molar-refractivity contribution in [2.75, 3.05) is 5.32 Å². The number of hydrogen-bond donors (Lipinski definition) is 3. The Morgan fingerprint density at radius 3 is 2.26 bits per heavy atom. The number of carbonyl (C=O) groups is 4. The van der Waals surface area contributed by atoms with Gasteiger partial charge < -0.3 is 14.6 Å². The third-order valence-corrected chi connectivity index (χ3v) is 4.99. The molecule has 3 N–H and O–H groups in total. The quantitative estimate of drug-likeness (QED) is 0.483. The summed E-state index contributed by atoms with van der Waals surface area (Å²) in [6.45, 7) is 0.0106. The molecule has 2 amide bonds. The number of ether oxygens (including phenoxy) is 2. The Morgan fingerprint density at radius 2 is 1.74 bits per heavy atom. The Bertz CT molecular complexity index is 974. The molecule has 0 unspecified atom stereocenters. The minimum atomic E-state index is -4.52. The molecular formula is C12H8N4O9S2. The van der Waals surface area contributed by atoms with E-state index < -0.39 is 49.5 Å². The zero-order valence-electron chi connectivity index (χ0n) is 12.8. The van der Waals surface area contributed by atoms with Crippen LogP contribution in [-0.4, -0.2) is 48.4 Å². The summed E-state index contributed by atoms with van der Waals surface area (Å²) in [6.07, 6.45) is 0. The van der Waals surface area contributed by atoms with E-state index in [1.165, 1.54) is 5.38 Å². The number of aromatic nitrogens is 2. The number of nitrogens with one attached hydrogen (secondary N) is 2. The van der Waals surface area contributed by atoms with E-state index in [1.54, 1.807) is 4.72 Å². The van der Waals surface area contributed by atoms with E-state index in [0.717, 1.165) is 12.1 Å². The van der Waals surface area contributed by atoms with Crippen molar-refractivity contribution in [1.29, 1.82) is 0 Å². The van der Waals surface area contributed by atoms with Gasteiger partial charge in [0.25, 0.3) is 23.0 Å². The van der Waals surface area contributed by atoms with E-state index >= 15 is 0 Å². The van der Waals surface area contributed by atoms with Gasteiger partial charge in [-0.15, -0.1) is 11.3 Å². The smallest absolute Gasteiger partial charge is 0.347 e. The number of rotatable bonds is 8. The normalized spacial score (nSPS) is 10.5. The lowest BCUT2D eigenvalue weighted by Gasteiger charge is -2.08. The van der Waals surface area contributed by atoms with Gasteiger partial charge in [-0.1, -0.05) is 0 Å². The molecule has 0 aromatic carbocycles. The Balaban J connectivity index is 2.21. The van der Waals surface area contributed by atoms with Crippen LogP contribution in [0.25, 0.3) is 0 Å². The molecule has 2 aromatic heterocycles. The lowest BCUT2D eigenvalue weighted by atomic mass is 10.5. The van der Waals surface area contributed by atoms with Crippen LogP contribution in [0.2, 0.25) is 0 Å². The highest BCUT2D eigenvalue weighted by atomic mass is 32.2. The van der Waals surface area contributed by atoms with Gasteiger partial charge in [0.1, 0.15) is 9.77 Å². The number of carbonyl (C=O) groups excluding carboxylic acids is 3. The van der Waals surface area contributed by atoms with Crippen LogP contribution in [0.4, 0.5) is 10.7 Å². The maximum absolute atomic E-state index is 12.1. The Labute approximate surface area is 154 Å². The molecule has 0 radical (unpaired) electrons. The second kappa shape index (κ2) is 8.19. The van der Waals surface area contributed by atoms with E-state index in [1.807, 2.05) is 5.32 Å². The first-order valence-corrected chi connectivity index (χ1v) is 8.87. The van der Waals surface area contributed by atoms with Crippen LogP contribution in [0.5, 0.6) is 11.8 Å². The summed E-state index contributed by atoms with van der Waals surface area (Å²) in [5.74, 6) is -2.85. The summed E-state index contributed by atoms with van der Waals surface area (Å²) in [4.78, 5) is 49.7. The highest BCUT2D eigenvalue weighted by molar-refractivity contribution is 7.90. The summed E-state index contributed by atoms with van der Waals surface area (Å²) in [5, 5.41) is 12.1. The van der Waals surface area contributed by atoms with Gasteiger partial charge in [-0.25, -0.2) is 22.7 Å². The summed E-state index contributed by atoms with van der Waals surface area (Å²) in [7, 11) is -4.52. The Hall–Kier alpha value is -3.59. The zero-order valence-corrected chi connectivity index (χ0v) is 14.4. The molecule has 15 heteroatoms. The average molecular weight is 416 g/mol. The molecule has 2 aromatic rings. The van der Waals surface area contributed by atoms with Crippen LogP contribution >= 0.6 is 11.3 Å². The van der Waals surface area contributed by atoms with Crippen molar-refractivity contribution in [2.24, 2.45) is 0 Å². The highest BCUT2D eigenvalue weighted by Gasteiger charge is 2.26. The third kappa shape index (κ3) is 4.95. The maximum Gasteiger partial charge on any atom is 0.347 e. The molecular weight excluding hydrogens is 408 g/mol. The number of urea groups is 1. The van der Waals surface area contributed by atoms with Crippen molar-refractivity contribution in [3.05, 3.63) is 22.4 Å². The van der Waals surface area contributed by atoms with Gasteiger partial charge in [-0.2, -0.15) is 9.97 Å². The van der Waals surface area contributed by atoms with Crippen molar-refractivity contribution in [3.8, 4) is 11.8 Å². The number of carboxylic acid groups (broad SMARTS) is 1. The molecule has 0 atom stereocenters. The first-order chi connectivity index (χ1) is 12.8. The van der Waals surface area contributed by atoms with Gasteiger partial charge in [0, 0.05) is 0 Å². The standard InChI is InChI=1S/C12H8N4O9S2/c17-4-24-7-3-8(25-5-18)14-11(13-7)15-12(21)16-27(22,23)6-1-2-26-9(6)10(19)20/h1-5H,(H,19,20)(H2,13,14,15,16,21). The lowest BCUT2D eigenvalue weighted by molar-refractivity contribution is -0.121. The minimum Gasteiger partial charge on any atom is -0.477 e. The van der Waals surface area contributed by atoms with Crippen LogP contribution in [0, 0.1) is 0 Å². The maximum atomic E-state index is 12.1. The molecule has 0 bridgehead atoms. The fourth-order valence-electron chi connectivity index (χ4n) is 1.65. The van der Waals surface area contributed by atoms with Crippen molar-refractivity contribution in [2.45, 2.75) is 4.90 Å². The largest absolute Gasteiger partial charge is 0.477 e. The van der Waals surface area contributed by atoms with Gasteiger partial charge in [0.15, 0.2) is 0 Å². The summed E-state index contributed by atoms with van der Waals surface area (Å²) >= 11 is 0.656. The predicted molar refractivity (Wildman–Crippen MR) is 86.0 cm³/mol. The second-order valence-electron chi connectivity index (χ2n) is 4.27. The molecule has 13 nitrogen and oxygen atoms in total. The number of thiophene rings is 1. The van der Waals surface area contributed by atoms with E-state index in [9.17, 15) is 27.6 Å². The van der Waals surface area contributed by atoms with Crippen molar-refractivity contribution >= 4 is 52.3 Å². The highest BCUT2D eigenvalue weighted by Crippen LogP contribution is 2.22.